The normalized spacial score (nSPS) is 24.0. The van der Waals surface area contributed by atoms with Crippen LogP contribution in [0.1, 0.15) is 19.8 Å². The zero-order chi connectivity index (χ0) is 15.8. The predicted octanol–water partition coefficient (Wildman–Crippen LogP) is 2.87. The molecule has 1 heterocycles. The summed E-state index contributed by atoms with van der Waals surface area (Å²) >= 11 is 11.7. The highest BCUT2D eigenvalue weighted by Gasteiger charge is 2.39. The van der Waals surface area contributed by atoms with Crippen LogP contribution in [0.25, 0.3) is 0 Å². The van der Waals surface area contributed by atoms with Crippen LogP contribution < -0.4 is 0 Å². The molecule has 116 valence electrons. The first-order chi connectivity index (χ1) is 9.71. The van der Waals surface area contributed by atoms with E-state index in [0.717, 1.165) is 4.31 Å². The van der Waals surface area contributed by atoms with Crippen molar-refractivity contribution in [2.24, 2.45) is 5.92 Å². The number of carboxylic acids is 1. The van der Waals surface area contributed by atoms with Crippen LogP contribution in [0, 0.1) is 5.92 Å². The van der Waals surface area contributed by atoms with Crippen LogP contribution in [0.15, 0.2) is 23.1 Å². The van der Waals surface area contributed by atoms with Gasteiger partial charge in [0, 0.05) is 16.6 Å². The molecule has 1 fully saturated rings. The molecular formula is C13H15Cl2NO4S. The Hall–Kier alpha value is -0.820. The minimum atomic E-state index is -3.94. The van der Waals surface area contributed by atoms with E-state index in [4.69, 9.17) is 23.2 Å². The van der Waals surface area contributed by atoms with Gasteiger partial charge in [0.05, 0.1) is 4.90 Å². The van der Waals surface area contributed by atoms with Crippen molar-refractivity contribution in [3.8, 4) is 0 Å². The van der Waals surface area contributed by atoms with Gasteiger partial charge in [-0.2, -0.15) is 4.31 Å². The Labute approximate surface area is 133 Å². The van der Waals surface area contributed by atoms with E-state index in [-0.39, 0.29) is 27.4 Å². The number of benzene rings is 1. The van der Waals surface area contributed by atoms with E-state index in [2.05, 4.69) is 0 Å². The summed E-state index contributed by atoms with van der Waals surface area (Å²) in [4.78, 5) is 11.3. The zero-order valence-electron chi connectivity index (χ0n) is 11.3. The van der Waals surface area contributed by atoms with E-state index in [9.17, 15) is 18.3 Å². The van der Waals surface area contributed by atoms with Crippen LogP contribution in [0.5, 0.6) is 0 Å². The van der Waals surface area contributed by atoms with Crippen molar-refractivity contribution in [1.29, 1.82) is 0 Å². The molecule has 2 rings (SSSR count). The molecule has 21 heavy (non-hydrogen) atoms. The van der Waals surface area contributed by atoms with Crippen LogP contribution in [0.3, 0.4) is 0 Å². The smallest absolute Gasteiger partial charge is 0.322 e. The minimum Gasteiger partial charge on any atom is -0.480 e. The lowest BCUT2D eigenvalue weighted by Crippen LogP contribution is -2.49. The summed E-state index contributed by atoms with van der Waals surface area (Å²) in [7, 11) is -3.94. The molecule has 2 atom stereocenters. The molecule has 2 unspecified atom stereocenters. The summed E-state index contributed by atoms with van der Waals surface area (Å²) in [6.45, 7) is 2.08. The molecule has 0 spiro atoms. The maximum Gasteiger partial charge on any atom is 0.322 e. The highest BCUT2D eigenvalue weighted by Crippen LogP contribution is 2.31. The SMILES string of the molecule is CC1CCN(S(=O)(=O)c2cc(Cl)cc(Cl)c2)C(C(=O)O)C1. The van der Waals surface area contributed by atoms with Gasteiger partial charge in [-0.1, -0.05) is 30.1 Å². The zero-order valence-corrected chi connectivity index (χ0v) is 13.6. The van der Waals surface area contributed by atoms with Crippen LogP contribution in [0.4, 0.5) is 0 Å². The fourth-order valence-corrected chi connectivity index (χ4v) is 4.78. The van der Waals surface area contributed by atoms with E-state index in [1.807, 2.05) is 6.92 Å². The standard InChI is InChI=1S/C13H15Cl2NO4S/c1-8-2-3-16(12(4-8)13(17)18)21(19,20)11-6-9(14)5-10(15)7-11/h5-8,12H,2-4H2,1H3,(H,17,18). The van der Waals surface area contributed by atoms with Crippen molar-refractivity contribution in [1.82, 2.24) is 4.31 Å². The largest absolute Gasteiger partial charge is 0.480 e. The number of halogens is 2. The second-order valence-electron chi connectivity index (χ2n) is 5.20. The fourth-order valence-electron chi connectivity index (χ4n) is 2.44. The Morgan fingerprint density at radius 2 is 1.86 bits per heavy atom. The maximum atomic E-state index is 12.7. The molecule has 0 amide bonds. The lowest BCUT2D eigenvalue weighted by molar-refractivity contribution is -0.142. The van der Waals surface area contributed by atoms with Crippen molar-refractivity contribution in [3.05, 3.63) is 28.2 Å². The summed E-state index contributed by atoms with van der Waals surface area (Å²) in [5.41, 5.74) is 0. The molecule has 8 heteroatoms. The molecule has 1 aromatic carbocycles. The molecule has 1 N–H and O–H groups in total. The number of carbonyl (C=O) groups is 1. The third kappa shape index (κ3) is 3.51. The molecule has 1 saturated heterocycles. The average molecular weight is 352 g/mol. The fraction of sp³-hybridized carbons (Fsp3) is 0.462. The Morgan fingerprint density at radius 1 is 1.29 bits per heavy atom. The molecule has 1 aliphatic rings. The van der Waals surface area contributed by atoms with E-state index >= 15 is 0 Å². The van der Waals surface area contributed by atoms with Gasteiger partial charge in [-0.15, -0.1) is 0 Å². The molecular weight excluding hydrogens is 337 g/mol. The topological polar surface area (TPSA) is 74.7 Å². The van der Waals surface area contributed by atoms with Gasteiger partial charge in [0.1, 0.15) is 6.04 Å². The molecule has 0 radical (unpaired) electrons. The van der Waals surface area contributed by atoms with Crippen molar-refractivity contribution >= 4 is 39.2 Å². The van der Waals surface area contributed by atoms with Crippen molar-refractivity contribution in [2.75, 3.05) is 6.54 Å². The predicted molar refractivity (Wildman–Crippen MR) is 80.2 cm³/mol. The third-order valence-corrected chi connectivity index (χ3v) is 5.87. The number of aliphatic carboxylic acids is 1. The molecule has 5 nitrogen and oxygen atoms in total. The molecule has 1 aromatic rings. The summed E-state index contributed by atoms with van der Waals surface area (Å²) in [6.07, 6.45) is 0.917. The summed E-state index contributed by atoms with van der Waals surface area (Å²) in [5.74, 6) is -0.973. The van der Waals surface area contributed by atoms with Gasteiger partial charge in [0.25, 0.3) is 0 Å². The average Bonchev–Trinajstić information content (AvgIpc) is 2.37. The Kier molecular flexibility index (Phi) is 4.82. The highest BCUT2D eigenvalue weighted by atomic mass is 35.5. The number of carboxylic acid groups (broad SMARTS) is 1. The first-order valence-electron chi connectivity index (χ1n) is 6.42. The van der Waals surface area contributed by atoms with E-state index in [1.165, 1.54) is 18.2 Å². The number of rotatable bonds is 3. The minimum absolute atomic E-state index is 0.0826. The first-order valence-corrected chi connectivity index (χ1v) is 8.62. The van der Waals surface area contributed by atoms with E-state index in [1.54, 1.807) is 0 Å². The van der Waals surface area contributed by atoms with Crippen LogP contribution in [-0.4, -0.2) is 36.4 Å². The number of piperidine rings is 1. The Bertz CT molecular complexity index is 642. The van der Waals surface area contributed by atoms with E-state index in [0.29, 0.717) is 12.8 Å². The van der Waals surface area contributed by atoms with Crippen LogP contribution in [0.2, 0.25) is 10.0 Å². The Balaban J connectivity index is 2.44. The number of sulfonamides is 1. The van der Waals surface area contributed by atoms with Gasteiger partial charge in [0.15, 0.2) is 0 Å². The lowest BCUT2D eigenvalue weighted by Gasteiger charge is -2.34. The maximum absolute atomic E-state index is 12.7. The third-order valence-electron chi connectivity index (χ3n) is 3.54. The molecule has 0 aliphatic carbocycles. The second-order valence-corrected chi connectivity index (χ2v) is 7.97. The van der Waals surface area contributed by atoms with Crippen LogP contribution in [-0.2, 0) is 14.8 Å². The molecule has 0 bridgehead atoms. The van der Waals surface area contributed by atoms with E-state index < -0.39 is 22.0 Å². The van der Waals surface area contributed by atoms with Gasteiger partial charge < -0.3 is 5.11 Å². The van der Waals surface area contributed by atoms with Crippen molar-refractivity contribution < 1.29 is 18.3 Å². The Morgan fingerprint density at radius 3 is 2.38 bits per heavy atom. The van der Waals surface area contributed by atoms with Gasteiger partial charge >= 0.3 is 5.97 Å². The first kappa shape index (κ1) is 16.5. The van der Waals surface area contributed by atoms with Gasteiger partial charge in [-0.25, -0.2) is 8.42 Å². The van der Waals surface area contributed by atoms with Gasteiger partial charge in [-0.05, 0) is 37.0 Å². The van der Waals surface area contributed by atoms with Gasteiger partial charge in [-0.3, -0.25) is 4.79 Å². The van der Waals surface area contributed by atoms with Crippen molar-refractivity contribution in [3.63, 3.8) is 0 Å². The quantitative estimate of drug-likeness (QED) is 0.908. The number of hydrogen-bond donors (Lipinski definition) is 1. The summed E-state index contributed by atoms with van der Waals surface area (Å²) < 4.78 is 26.3. The summed E-state index contributed by atoms with van der Waals surface area (Å²) in [6, 6.07) is 2.92. The molecule has 1 aliphatic heterocycles. The number of hydrogen-bond acceptors (Lipinski definition) is 3. The number of nitrogens with zero attached hydrogens (tertiary/aromatic N) is 1. The molecule has 0 saturated carbocycles. The van der Waals surface area contributed by atoms with Crippen molar-refractivity contribution in [2.45, 2.75) is 30.7 Å². The van der Waals surface area contributed by atoms with Gasteiger partial charge in [0.2, 0.25) is 10.0 Å². The summed E-state index contributed by atoms with van der Waals surface area (Å²) in [5, 5.41) is 9.67. The van der Waals surface area contributed by atoms with Crippen LogP contribution >= 0.6 is 23.2 Å². The lowest BCUT2D eigenvalue weighted by atomic mass is 9.94. The molecule has 0 aromatic heterocycles. The monoisotopic (exact) mass is 351 g/mol. The highest BCUT2D eigenvalue weighted by molar-refractivity contribution is 7.89. The second kappa shape index (κ2) is 6.12.